The molecule has 3 aromatic carbocycles. The number of benzene rings is 3. The van der Waals surface area contributed by atoms with Crippen LogP contribution < -0.4 is 9.64 Å². The molecule has 0 radical (unpaired) electrons. The Kier molecular flexibility index (Phi) is 7.29. The molecule has 2 aliphatic rings. The number of carbonyl (C=O) groups excluding carboxylic acids is 1. The van der Waals surface area contributed by atoms with Gasteiger partial charge in [-0.05, 0) is 42.2 Å². The summed E-state index contributed by atoms with van der Waals surface area (Å²) in [5.74, 6) is 1.17. The first-order valence-corrected chi connectivity index (χ1v) is 14.3. The highest BCUT2D eigenvalue weighted by Gasteiger charge is 2.33. The molecule has 1 aromatic heterocycles. The van der Waals surface area contributed by atoms with Crippen molar-refractivity contribution in [3.63, 3.8) is 0 Å². The first kappa shape index (κ1) is 24.9. The fraction of sp³-hybridized carbons (Fsp3) is 0.355. The zero-order valence-corrected chi connectivity index (χ0v) is 22.6. The van der Waals surface area contributed by atoms with Gasteiger partial charge in [0.2, 0.25) is 5.91 Å². The largest absolute Gasteiger partial charge is 0.497 e. The molecule has 6 nitrogen and oxygen atoms in total. The third-order valence-electron chi connectivity index (χ3n) is 7.85. The van der Waals surface area contributed by atoms with Crippen LogP contribution in [0.3, 0.4) is 0 Å². The van der Waals surface area contributed by atoms with Crippen molar-refractivity contribution in [2.45, 2.75) is 18.9 Å². The second-order valence-corrected chi connectivity index (χ2v) is 11.2. The number of carbonyl (C=O) groups is 1. The van der Waals surface area contributed by atoms with Gasteiger partial charge in [-0.15, -0.1) is 0 Å². The number of piperidine rings is 1. The summed E-state index contributed by atoms with van der Waals surface area (Å²) in [5.41, 5.74) is 3.59. The van der Waals surface area contributed by atoms with E-state index in [4.69, 9.17) is 9.72 Å². The Bertz CT molecular complexity index is 1330. The van der Waals surface area contributed by atoms with Gasteiger partial charge in [-0.2, -0.15) is 0 Å². The SMILES string of the molecule is COc1ccc2nc(N3CCCC(C(=O)N4CCN(C(c5ccccc5)c5ccccc5)CC4)C3)sc2c1. The van der Waals surface area contributed by atoms with Crippen LogP contribution in [-0.2, 0) is 4.79 Å². The predicted molar refractivity (Wildman–Crippen MR) is 154 cm³/mol. The normalized spacial score (nSPS) is 18.7. The molecule has 1 atom stereocenters. The third-order valence-corrected chi connectivity index (χ3v) is 8.93. The van der Waals surface area contributed by atoms with Crippen LogP contribution in [0.25, 0.3) is 10.2 Å². The summed E-state index contributed by atoms with van der Waals surface area (Å²) >= 11 is 1.69. The average Bonchev–Trinajstić information content (AvgIpc) is 3.42. The third kappa shape index (κ3) is 5.13. The lowest BCUT2D eigenvalue weighted by atomic mass is 9.95. The van der Waals surface area contributed by atoms with E-state index < -0.39 is 0 Å². The van der Waals surface area contributed by atoms with Gasteiger partial charge in [-0.3, -0.25) is 9.69 Å². The van der Waals surface area contributed by atoms with E-state index >= 15 is 0 Å². The monoisotopic (exact) mass is 526 g/mol. The number of piperazine rings is 1. The van der Waals surface area contributed by atoms with E-state index in [2.05, 4.69) is 75.4 Å². The number of aromatic nitrogens is 1. The molecule has 38 heavy (non-hydrogen) atoms. The van der Waals surface area contributed by atoms with Gasteiger partial charge in [-0.25, -0.2) is 4.98 Å². The summed E-state index contributed by atoms with van der Waals surface area (Å²) in [4.78, 5) is 25.4. The van der Waals surface area contributed by atoms with Gasteiger partial charge < -0.3 is 14.5 Å². The number of nitrogens with zero attached hydrogens (tertiary/aromatic N) is 4. The van der Waals surface area contributed by atoms with Crippen LogP contribution in [0.4, 0.5) is 5.13 Å². The smallest absolute Gasteiger partial charge is 0.227 e. The number of amides is 1. The number of methoxy groups -OCH3 is 1. The van der Waals surface area contributed by atoms with E-state index in [0.29, 0.717) is 5.91 Å². The van der Waals surface area contributed by atoms with Crippen molar-refractivity contribution >= 4 is 32.6 Å². The molecule has 6 rings (SSSR count). The van der Waals surface area contributed by atoms with Crippen molar-refractivity contribution in [2.75, 3.05) is 51.3 Å². The number of hydrogen-bond donors (Lipinski definition) is 0. The lowest BCUT2D eigenvalue weighted by Gasteiger charge is -2.42. The van der Waals surface area contributed by atoms with Crippen LogP contribution in [0, 0.1) is 5.92 Å². The second kappa shape index (κ2) is 11.1. The fourth-order valence-corrected chi connectivity index (χ4v) is 6.88. The number of hydrogen-bond acceptors (Lipinski definition) is 6. The molecule has 0 bridgehead atoms. The van der Waals surface area contributed by atoms with E-state index in [9.17, 15) is 4.79 Å². The Morgan fingerprint density at radius 2 is 1.61 bits per heavy atom. The summed E-state index contributed by atoms with van der Waals surface area (Å²) in [6, 6.07) is 27.7. The number of ether oxygens (including phenoxy) is 1. The Labute approximate surface area is 228 Å². The molecular formula is C31H34N4O2S. The molecule has 7 heteroatoms. The quantitative estimate of drug-likeness (QED) is 0.334. The fourth-order valence-electron chi connectivity index (χ4n) is 5.85. The van der Waals surface area contributed by atoms with Crippen LogP contribution in [0.2, 0.25) is 0 Å². The predicted octanol–water partition coefficient (Wildman–Crippen LogP) is 5.46. The molecule has 0 spiro atoms. The Balaban J connectivity index is 1.12. The number of anilines is 1. The van der Waals surface area contributed by atoms with Crippen molar-refractivity contribution in [3.8, 4) is 5.75 Å². The van der Waals surface area contributed by atoms with Crippen LogP contribution >= 0.6 is 11.3 Å². The molecule has 2 saturated heterocycles. The summed E-state index contributed by atoms with van der Waals surface area (Å²) in [5, 5.41) is 1.00. The minimum atomic E-state index is 0.0240. The zero-order chi connectivity index (χ0) is 25.9. The Hall–Kier alpha value is -3.42. The molecule has 196 valence electrons. The summed E-state index contributed by atoms with van der Waals surface area (Å²) in [7, 11) is 1.69. The van der Waals surface area contributed by atoms with Gasteiger partial charge in [0.25, 0.3) is 0 Å². The summed E-state index contributed by atoms with van der Waals surface area (Å²) in [6.07, 6.45) is 1.96. The van der Waals surface area contributed by atoms with Gasteiger partial charge in [0.15, 0.2) is 5.13 Å². The molecule has 3 heterocycles. The van der Waals surface area contributed by atoms with Crippen molar-refractivity contribution in [1.82, 2.24) is 14.8 Å². The molecule has 0 N–H and O–H groups in total. The van der Waals surface area contributed by atoms with Crippen LogP contribution in [0.1, 0.15) is 30.0 Å². The van der Waals surface area contributed by atoms with E-state index in [0.717, 1.165) is 73.2 Å². The topological polar surface area (TPSA) is 48.9 Å². The van der Waals surface area contributed by atoms with Gasteiger partial charge in [-0.1, -0.05) is 72.0 Å². The average molecular weight is 527 g/mol. The highest BCUT2D eigenvalue weighted by Crippen LogP contribution is 2.34. The number of rotatable bonds is 6. The maximum Gasteiger partial charge on any atom is 0.227 e. The highest BCUT2D eigenvalue weighted by atomic mass is 32.1. The molecule has 1 amide bonds. The van der Waals surface area contributed by atoms with Gasteiger partial charge in [0, 0.05) is 39.3 Å². The second-order valence-electron chi connectivity index (χ2n) is 10.2. The first-order valence-electron chi connectivity index (χ1n) is 13.5. The van der Waals surface area contributed by atoms with Crippen LogP contribution in [-0.4, -0.2) is 67.1 Å². The highest BCUT2D eigenvalue weighted by molar-refractivity contribution is 7.22. The van der Waals surface area contributed by atoms with Crippen molar-refractivity contribution in [3.05, 3.63) is 90.0 Å². The van der Waals surface area contributed by atoms with Crippen LogP contribution in [0.5, 0.6) is 5.75 Å². The molecule has 0 aliphatic carbocycles. The molecular weight excluding hydrogens is 492 g/mol. The Morgan fingerprint density at radius 3 is 2.26 bits per heavy atom. The van der Waals surface area contributed by atoms with Crippen molar-refractivity contribution < 1.29 is 9.53 Å². The molecule has 4 aromatic rings. The molecule has 2 aliphatic heterocycles. The van der Waals surface area contributed by atoms with Crippen LogP contribution in [0.15, 0.2) is 78.9 Å². The minimum Gasteiger partial charge on any atom is -0.497 e. The van der Waals surface area contributed by atoms with E-state index in [-0.39, 0.29) is 12.0 Å². The first-order chi connectivity index (χ1) is 18.7. The van der Waals surface area contributed by atoms with Gasteiger partial charge in [0.05, 0.1) is 29.3 Å². The Morgan fingerprint density at radius 1 is 0.921 bits per heavy atom. The minimum absolute atomic E-state index is 0.0240. The van der Waals surface area contributed by atoms with E-state index in [1.54, 1.807) is 18.4 Å². The maximum absolute atomic E-state index is 13.6. The number of thiazole rings is 1. The zero-order valence-electron chi connectivity index (χ0n) is 21.8. The van der Waals surface area contributed by atoms with Crippen molar-refractivity contribution in [2.24, 2.45) is 5.92 Å². The van der Waals surface area contributed by atoms with Gasteiger partial charge in [0.1, 0.15) is 5.75 Å². The lowest BCUT2D eigenvalue weighted by molar-refractivity contribution is -0.137. The molecule has 2 fully saturated rings. The van der Waals surface area contributed by atoms with Crippen molar-refractivity contribution in [1.29, 1.82) is 0 Å². The van der Waals surface area contributed by atoms with E-state index in [1.807, 2.05) is 18.2 Å². The lowest BCUT2D eigenvalue weighted by Crippen LogP contribution is -2.53. The summed E-state index contributed by atoms with van der Waals surface area (Å²) < 4.78 is 6.50. The van der Waals surface area contributed by atoms with E-state index in [1.165, 1.54) is 11.1 Å². The molecule has 0 saturated carbocycles. The van der Waals surface area contributed by atoms with Gasteiger partial charge >= 0.3 is 0 Å². The standard InChI is InChI=1S/C31H34N4O2S/c1-37-26-14-15-27-28(21-26)38-31(32-27)35-16-8-13-25(22-35)30(36)34-19-17-33(18-20-34)29(23-9-4-2-5-10-23)24-11-6-3-7-12-24/h2-7,9-12,14-15,21,25,29H,8,13,16-20,22H2,1H3. The molecule has 1 unspecified atom stereocenters. The maximum atomic E-state index is 13.6. The number of fused-ring (bicyclic) bond motifs is 1. The summed E-state index contributed by atoms with van der Waals surface area (Å²) in [6.45, 7) is 4.97.